The molecule has 4 rings (SSSR count). The van der Waals surface area contributed by atoms with Gasteiger partial charge < -0.3 is 24.8 Å². The van der Waals surface area contributed by atoms with Crippen LogP contribution in [0, 0.1) is 48.3 Å². The molecule has 2 saturated carbocycles. The second-order valence-corrected chi connectivity index (χ2v) is 18.2. The topological polar surface area (TPSA) is 0 Å². The van der Waals surface area contributed by atoms with Crippen molar-refractivity contribution in [2.75, 3.05) is 0 Å². The number of hydrogen-bond acceptors (Lipinski definition) is 0. The first-order chi connectivity index (χ1) is 12.3. The summed E-state index contributed by atoms with van der Waals surface area (Å²) in [6.45, 7) is 13.9. The Kier molecular flexibility index (Phi) is 13.8. The maximum atomic E-state index is 2.42. The molecule has 28 heavy (non-hydrogen) atoms. The molecule has 2 fully saturated rings. The van der Waals surface area contributed by atoms with Crippen molar-refractivity contribution in [1.29, 1.82) is 0 Å². The molecule has 0 aromatic rings. The van der Waals surface area contributed by atoms with Gasteiger partial charge in [0, 0.05) is 0 Å². The van der Waals surface area contributed by atoms with Crippen molar-refractivity contribution in [2.45, 2.75) is 53.6 Å². The number of halogens is 2. The molecule has 0 spiro atoms. The predicted octanol–water partition coefficient (Wildman–Crippen LogP) is 0.750. The molecule has 0 N–H and O–H groups in total. The Morgan fingerprint density at radius 1 is 0.786 bits per heavy atom. The second kappa shape index (κ2) is 13.6. The van der Waals surface area contributed by atoms with E-state index in [4.69, 9.17) is 0 Å². The first-order valence-corrected chi connectivity index (χ1v) is 16.4. The van der Waals surface area contributed by atoms with Gasteiger partial charge in [0.05, 0.1) is 0 Å². The van der Waals surface area contributed by atoms with Crippen molar-refractivity contribution in [3.8, 4) is 0 Å². The first kappa shape index (κ1) is 28.4. The summed E-state index contributed by atoms with van der Waals surface area (Å²) in [5.74, 6) is 4.78. The summed E-state index contributed by atoms with van der Waals surface area (Å²) < 4.78 is 0. The van der Waals surface area contributed by atoms with E-state index in [1.54, 1.807) is 34.5 Å². The van der Waals surface area contributed by atoms with Crippen LogP contribution in [0.1, 0.15) is 40.5 Å². The Balaban J connectivity index is 0.000000415. The molecule has 4 aliphatic carbocycles. The molecular formula is C24H36Cl2SiZr-2. The average molecular weight is 515 g/mol. The van der Waals surface area contributed by atoms with Crippen LogP contribution >= 0.6 is 0 Å². The Labute approximate surface area is 202 Å². The Morgan fingerprint density at radius 2 is 1.11 bits per heavy atom. The van der Waals surface area contributed by atoms with Crippen LogP contribution in [-0.4, -0.2) is 5.43 Å². The second-order valence-electron chi connectivity index (χ2n) is 8.79. The first-order valence-electron chi connectivity index (χ1n) is 10.3. The van der Waals surface area contributed by atoms with Crippen LogP contribution in [-0.2, 0) is 23.3 Å². The van der Waals surface area contributed by atoms with Gasteiger partial charge in [-0.2, -0.15) is 0 Å². The quantitative estimate of drug-likeness (QED) is 0.331. The zero-order valence-electron chi connectivity index (χ0n) is 18.3. The van der Waals surface area contributed by atoms with Crippen molar-refractivity contribution in [3.05, 3.63) is 60.4 Å². The van der Waals surface area contributed by atoms with E-state index in [1.165, 1.54) is 12.8 Å². The van der Waals surface area contributed by atoms with Gasteiger partial charge in [-0.1, -0.05) is 64.5 Å². The maximum Gasteiger partial charge on any atom is -1.00 e. The summed E-state index contributed by atoms with van der Waals surface area (Å²) in [7, 11) is 0. The smallest absolute Gasteiger partial charge is 1.00 e. The molecule has 156 valence electrons. The maximum absolute atomic E-state index is 2.42. The predicted molar refractivity (Wildman–Crippen MR) is 113 cm³/mol. The zero-order chi connectivity index (χ0) is 19.3. The van der Waals surface area contributed by atoms with Gasteiger partial charge in [-0.3, -0.25) is 0 Å². The fraction of sp³-hybridized carbons (Fsp3) is 0.583. The van der Waals surface area contributed by atoms with Gasteiger partial charge in [-0.05, 0) is 23.7 Å². The Hall–Kier alpha value is 0.380. The summed E-state index contributed by atoms with van der Waals surface area (Å²) in [5.41, 5.74) is 3.36. The minimum atomic E-state index is 0. The summed E-state index contributed by atoms with van der Waals surface area (Å²) in [6, 6.07) is 0. The monoisotopic (exact) mass is 512 g/mol. The number of rotatable bonds is 0. The molecule has 4 aliphatic rings. The Bertz CT molecular complexity index is 568. The molecule has 6 unspecified atom stereocenters. The summed E-state index contributed by atoms with van der Waals surface area (Å²) in [4.78, 5) is 0. The SMILES string of the molecule is CC1[CH-]C2=CC=CC(C)C2C1.CC1[CH-]C2=CC=CC(C)C2C1.C[Si](C)=[Zr+2].[Cl-].[Cl-]. The minimum absolute atomic E-state index is 0. The van der Waals surface area contributed by atoms with Crippen molar-refractivity contribution >= 4 is 5.43 Å². The van der Waals surface area contributed by atoms with Crippen LogP contribution in [0.2, 0.25) is 13.1 Å². The largest absolute Gasteiger partial charge is 1.00 e. The summed E-state index contributed by atoms with van der Waals surface area (Å²) in [6.07, 6.45) is 21.1. The van der Waals surface area contributed by atoms with E-state index >= 15 is 0 Å². The van der Waals surface area contributed by atoms with Gasteiger partial charge in [0.1, 0.15) is 0 Å². The number of allylic oxidation sites excluding steroid dienone is 8. The van der Waals surface area contributed by atoms with Crippen molar-refractivity contribution < 1.29 is 48.1 Å². The molecule has 4 heteroatoms. The normalized spacial score (nSPS) is 33.4. The molecule has 0 amide bonds. The number of hydrogen-bond donors (Lipinski definition) is 0. The molecular weight excluding hydrogens is 478 g/mol. The Morgan fingerprint density at radius 3 is 1.39 bits per heavy atom. The molecule has 0 radical (unpaired) electrons. The van der Waals surface area contributed by atoms with Gasteiger partial charge >= 0.3 is 41.9 Å². The van der Waals surface area contributed by atoms with Crippen molar-refractivity contribution in [1.82, 2.24) is 0 Å². The molecule has 6 atom stereocenters. The van der Waals surface area contributed by atoms with E-state index in [9.17, 15) is 0 Å². The minimum Gasteiger partial charge on any atom is -1.00 e. The van der Waals surface area contributed by atoms with E-state index in [2.05, 4.69) is 90.1 Å². The van der Waals surface area contributed by atoms with Gasteiger partial charge in [0.25, 0.3) is 0 Å². The zero-order valence-corrected chi connectivity index (χ0v) is 23.2. The van der Waals surface area contributed by atoms with Crippen LogP contribution < -0.4 is 24.8 Å². The van der Waals surface area contributed by atoms with Crippen LogP contribution in [0.4, 0.5) is 0 Å². The molecule has 0 aliphatic heterocycles. The third kappa shape index (κ3) is 8.63. The van der Waals surface area contributed by atoms with Gasteiger partial charge in [-0.15, -0.1) is 12.2 Å². The third-order valence-corrected chi connectivity index (χ3v) is 5.74. The number of fused-ring (bicyclic) bond motifs is 2. The standard InChI is InChI=1S/2C11H15.C2H6Si.2ClH.Zr/c2*1-8-6-10-5-3-4-9(2)11(10)7-8;1-3-2;;;/h2*3-6,8-9,11H,7H2,1-2H3;1-2H3;2*1H;/q2*-1;;;;+2/p-2. The van der Waals surface area contributed by atoms with Crippen LogP contribution in [0.15, 0.2) is 47.6 Å². The third-order valence-electron chi connectivity index (χ3n) is 5.74. The van der Waals surface area contributed by atoms with E-state index < -0.39 is 0 Å². The fourth-order valence-electron chi connectivity index (χ4n) is 4.46. The summed E-state index contributed by atoms with van der Waals surface area (Å²) >= 11 is 1.74. The summed E-state index contributed by atoms with van der Waals surface area (Å²) in [5, 5.41) is 0. The molecule has 0 saturated heterocycles. The molecule has 0 bridgehead atoms. The van der Waals surface area contributed by atoms with Crippen LogP contribution in [0.3, 0.4) is 0 Å². The molecule has 0 aromatic carbocycles. The van der Waals surface area contributed by atoms with E-state index in [0.29, 0.717) is 0 Å². The van der Waals surface area contributed by atoms with E-state index in [1.807, 2.05) is 0 Å². The van der Waals surface area contributed by atoms with Crippen LogP contribution in [0.5, 0.6) is 0 Å². The van der Waals surface area contributed by atoms with Crippen LogP contribution in [0.25, 0.3) is 0 Å². The molecule has 0 nitrogen and oxygen atoms in total. The van der Waals surface area contributed by atoms with Gasteiger partial charge in [-0.25, -0.2) is 36.1 Å². The molecule has 0 heterocycles. The van der Waals surface area contributed by atoms with Crippen molar-refractivity contribution in [2.24, 2.45) is 35.5 Å². The molecule has 0 aromatic heterocycles. The van der Waals surface area contributed by atoms with E-state index in [0.717, 1.165) is 35.5 Å². The van der Waals surface area contributed by atoms with Gasteiger partial charge in [0.15, 0.2) is 0 Å². The average Bonchev–Trinajstić information content (AvgIpc) is 3.11. The van der Waals surface area contributed by atoms with Gasteiger partial charge in [0.2, 0.25) is 0 Å². The fourth-order valence-corrected chi connectivity index (χ4v) is 4.46. The van der Waals surface area contributed by atoms with Crippen molar-refractivity contribution in [3.63, 3.8) is 0 Å². The van der Waals surface area contributed by atoms with E-state index in [-0.39, 0.29) is 30.2 Å².